The van der Waals surface area contributed by atoms with Crippen LogP contribution in [0.4, 0.5) is 9.59 Å². The molecule has 4 N–H and O–H groups in total. The predicted octanol–water partition coefficient (Wildman–Crippen LogP) is 6.71. The van der Waals surface area contributed by atoms with Crippen LogP contribution in [-0.2, 0) is 29.0 Å². The number of ether oxygens (including phenoxy) is 1. The fourth-order valence-electron chi connectivity index (χ4n) is 6.03. The van der Waals surface area contributed by atoms with Gasteiger partial charge in [0.1, 0.15) is 12.6 Å². The summed E-state index contributed by atoms with van der Waals surface area (Å²) in [6, 6.07) is 20.5. The topological polar surface area (TPSA) is 154 Å². The summed E-state index contributed by atoms with van der Waals surface area (Å²) in [6.07, 6.45) is 0.953. The van der Waals surface area contributed by atoms with Crippen molar-refractivity contribution >= 4 is 29.4 Å². The van der Waals surface area contributed by atoms with Crippen molar-refractivity contribution in [2.75, 3.05) is 0 Å². The number of aliphatic hydroxyl groups is 1. The first-order valence-electron chi connectivity index (χ1n) is 17.0. The van der Waals surface area contributed by atoms with E-state index in [9.17, 15) is 24.6 Å². The van der Waals surface area contributed by atoms with E-state index in [1.807, 2.05) is 114 Å². The fourth-order valence-corrected chi connectivity index (χ4v) is 6.54. The van der Waals surface area contributed by atoms with Crippen LogP contribution < -0.4 is 10.6 Å². The quantitative estimate of drug-likeness (QED) is 0.112. The van der Waals surface area contributed by atoms with Gasteiger partial charge in [0, 0.05) is 29.5 Å². The maximum absolute atomic E-state index is 14.0. The number of thiazole rings is 1. The molecule has 0 bridgehead atoms. The Morgan fingerprint density at radius 3 is 2.12 bits per heavy atom. The fraction of sp³-hybridized carbons (Fsp3) is 0.410. The molecule has 0 fully saturated rings. The van der Waals surface area contributed by atoms with Crippen molar-refractivity contribution in [1.29, 1.82) is 0 Å². The lowest BCUT2D eigenvalue weighted by atomic mass is 9.85. The van der Waals surface area contributed by atoms with Crippen LogP contribution >= 0.6 is 11.3 Å². The molecular formula is C39H49N5O6S. The highest BCUT2D eigenvalue weighted by Crippen LogP contribution is 2.27. The maximum Gasteiger partial charge on any atom is 0.408 e. The number of aromatic nitrogens is 2. The third-order valence-corrected chi connectivity index (χ3v) is 9.26. The van der Waals surface area contributed by atoms with Gasteiger partial charge in [0.25, 0.3) is 0 Å². The number of alkyl carbamates (subject to hydrolysis) is 1. The molecule has 2 aromatic heterocycles. The molecule has 11 nitrogen and oxygen atoms in total. The van der Waals surface area contributed by atoms with Crippen molar-refractivity contribution in [1.82, 2.24) is 25.5 Å². The highest BCUT2D eigenvalue weighted by Gasteiger charge is 2.38. The molecule has 0 radical (unpaired) electrons. The SMILES string of the molecule is CC(C)(C)[C@H](NC(=O)OCc1cncs1)C(=O)N[C@@H](Cc1ccccc1)[C@@H](O)C[C@H](Cc1ccc(-c2ccccn2)cc1)N(C(=O)O)C(C)(C)C. The second kappa shape index (κ2) is 17.4. The summed E-state index contributed by atoms with van der Waals surface area (Å²) in [4.78, 5) is 50.1. The Hall–Kier alpha value is -4.81. The Morgan fingerprint density at radius 1 is 0.882 bits per heavy atom. The van der Waals surface area contributed by atoms with E-state index < -0.39 is 53.3 Å². The molecule has 0 aliphatic rings. The number of rotatable bonds is 14. The average Bonchev–Trinajstić information content (AvgIpc) is 3.60. The Morgan fingerprint density at radius 2 is 1.55 bits per heavy atom. The Kier molecular flexibility index (Phi) is 13.3. The predicted molar refractivity (Wildman–Crippen MR) is 198 cm³/mol. The van der Waals surface area contributed by atoms with Crippen molar-refractivity contribution in [2.45, 2.75) is 97.2 Å². The number of amides is 3. The summed E-state index contributed by atoms with van der Waals surface area (Å²) >= 11 is 1.35. The third-order valence-electron chi connectivity index (χ3n) is 8.50. The van der Waals surface area contributed by atoms with Crippen LogP contribution in [0.3, 0.4) is 0 Å². The van der Waals surface area contributed by atoms with Gasteiger partial charge >= 0.3 is 12.2 Å². The molecule has 0 unspecified atom stereocenters. The number of pyridine rings is 1. The van der Waals surface area contributed by atoms with E-state index >= 15 is 0 Å². The molecule has 0 saturated carbocycles. The van der Waals surface area contributed by atoms with E-state index in [1.54, 1.807) is 17.9 Å². The molecule has 4 rings (SSSR count). The smallest absolute Gasteiger partial charge is 0.408 e. The molecule has 0 saturated heterocycles. The standard InChI is InChI=1S/C39H49N5O6S/c1-38(2,3)34(43-36(47)50-24-30-23-40-25-51-30)35(46)42-32(21-26-12-8-7-9-13-26)33(45)22-29(44(37(48)49)39(4,5)6)20-27-15-17-28(18-16-27)31-14-10-11-19-41-31/h7-19,23,25,29,32-34,45H,20-22,24H2,1-6H3,(H,42,46)(H,43,47)(H,48,49)/t29-,32-,33-,34+/m0/s1. The van der Waals surface area contributed by atoms with Crippen LogP contribution in [0.25, 0.3) is 11.3 Å². The van der Waals surface area contributed by atoms with Crippen LogP contribution in [-0.4, -0.2) is 72.9 Å². The van der Waals surface area contributed by atoms with E-state index in [1.165, 1.54) is 16.2 Å². The summed E-state index contributed by atoms with van der Waals surface area (Å²) in [5.41, 5.74) is 3.66. The Labute approximate surface area is 304 Å². The number of aliphatic hydroxyl groups excluding tert-OH is 1. The first kappa shape index (κ1) is 39.0. The zero-order valence-electron chi connectivity index (χ0n) is 30.1. The summed E-state index contributed by atoms with van der Waals surface area (Å²) in [5.74, 6) is -0.496. The molecule has 0 aliphatic carbocycles. The van der Waals surface area contributed by atoms with Crippen LogP contribution in [0.5, 0.6) is 0 Å². The summed E-state index contributed by atoms with van der Waals surface area (Å²) < 4.78 is 5.36. The highest BCUT2D eigenvalue weighted by molar-refractivity contribution is 7.09. The first-order valence-corrected chi connectivity index (χ1v) is 17.9. The molecule has 4 atom stereocenters. The number of nitrogens with one attached hydrogen (secondary N) is 2. The minimum atomic E-state index is -1.16. The Bertz CT molecular complexity index is 1690. The number of carboxylic acid groups (broad SMARTS) is 1. The van der Waals surface area contributed by atoms with Gasteiger partial charge in [-0.1, -0.05) is 81.4 Å². The molecule has 2 aromatic carbocycles. The van der Waals surface area contributed by atoms with Gasteiger partial charge in [-0.25, -0.2) is 9.59 Å². The van der Waals surface area contributed by atoms with Gasteiger partial charge in [0.15, 0.2) is 0 Å². The first-order chi connectivity index (χ1) is 24.1. The number of hydrogen-bond donors (Lipinski definition) is 4. The Balaban J connectivity index is 1.59. The van der Waals surface area contributed by atoms with Crippen LogP contribution in [0, 0.1) is 5.41 Å². The molecule has 272 valence electrons. The third kappa shape index (κ3) is 11.6. The molecule has 4 aromatic rings. The minimum absolute atomic E-state index is 0.0193. The lowest BCUT2D eigenvalue weighted by Gasteiger charge is -2.41. The second-order valence-corrected chi connectivity index (χ2v) is 15.7. The van der Waals surface area contributed by atoms with Gasteiger partial charge < -0.3 is 30.5 Å². The van der Waals surface area contributed by atoms with Gasteiger partial charge in [-0.05, 0) is 68.7 Å². The van der Waals surface area contributed by atoms with E-state index in [0.29, 0.717) is 6.42 Å². The van der Waals surface area contributed by atoms with Gasteiger partial charge in [-0.15, -0.1) is 11.3 Å². The summed E-state index contributed by atoms with van der Waals surface area (Å²) in [6.45, 7) is 11.0. The van der Waals surface area contributed by atoms with Crippen molar-refractivity contribution in [2.24, 2.45) is 5.41 Å². The lowest BCUT2D eigenvalue weighted by Crippen LogP contribution is -2.59. The molecule has 0 aliphatic heterocycles. The monoisotopic (exact) mass is 715 g/mol. The molecule has 51 heavy (non-hydrogen) atoms. The van der Waals surface area contributed by atoms with Crippen molar-refractivity contribution < 1.29 is 29.3 Å². The van der Waals surface area contributed by atoms with E-state index in [2.05, 4.69) is 20.6 Å². The highest BCUT2D eigenvalue weighted by atomic mass is 32.1. The van der Waals surface area contributed by atoms with Crippen molar-refractivity contribution in [3.8, 4) is 11.3 Å². The normalized spacial score (nSPS) is 14.1. The molecule has 3 amide bonds. The lowest BCUT2D eigenvalue weighted by molar-refractivity contribution is -0.127. The van der Waals surface area contributed by atoms with Crippen LogP contribution in [0.1, 0.15) is 64.0 Å². The van der Waals surface area contributed by atoms with Gasteiger partial charge in [-0.3, -0.25) is 14.8 Å². The van der Waals surface area contributed by atoms with Gasteiger partial charge in [-0.2, -0.15) is 0 Å². The summed E-state index contributed by atoms with van der Waals surface area (Å²) in [7, 11) is 0. The zero-order valence-corrected chi connectivity index (χ0v) is 30.9. The molecule has 0 spiro atoms. The van der Waals surface area contributed by atoms with E-state index in [4.69, 9.17) is 4.74 Å². The average molecular weight is 716 g/mol. The van der Waals surface area contributed by atoms with E-state index in [-0.39, 0.29) is 19.4 Å². The minimum Gasteiger partial charge on any atom is -0.465 e. The van der Waals surface area contributed by atoms with Gasteiger partial charge in [0.2, 0.25) is 5.91 Å². The van der Waals surface area contributed by atoms with Crippen LogP contribution in [0.15, 0.2) is 90.7 Å². The number of nitrogens with zero attached hydrogens (tertiary/aromatic N) is 3. The largest absolute Gasteiger partial charge is 0.465 e. The molecule has 2 heterocycles. The number of hydrogen-bond acceptors (Lipinski definition) is 8. The maximum atomic E-state index is 14.0. The van der Waals surface area contributed by atoms with Crippen LogP contribution in [0.2, 0.25) is 0 Å². The van der Waals surface area contributed by atoms with Gasteiger partial charge in [0.05, 0.1) is 28.2 Å². The number of carbonyl (C=O) groups is 3. The number of carbonyl (C=O) groups excluding carboxylic acids is 2. The molecule has 12 heteroatoms. The van der Waals surface area contributed by atoms with E-state index in [0.717, 1.165) is 27.3 Å². The number of benzene rings is 2. The second-order valence-electron chi connectivity index (χ2n) is 14.7. The summed E-state index contributed by atoms with van der Waals surface area (Å²) in [5, 5.41) is 28.1. The van der Waals surface area contributed by atoms with Crippen molar-refractivity contribution in [3.05, 3.63) is 107 Å². The molecular weight excluding hydrogens is 667 g/mol. The zero-order chi connectivity index (χ0) is 37.2. The van der Waals surface area contributed by atoms with Crippen molar-refractivity contribution in [3.63, 3.8) is 0 Å².